The summed E-state index contributed by atoms with van der Waals surface area (Å²) >= 11 is 0. The number of aromatic nitrogens is 4. The first-order valence-electron chi connectivity index (χ1n) is 6.81. The highest BCUT2D eigenvalue weighted by Gasteiger charge is 2.36. The van der Waals surface area contributed by atoms with E-state index in [0.29, 0.717) is 0 Å². The summed E-state index contributed by atoms with van der Waals surface area (Å²) in [5.41, 5.74) is 5.42. The Kier molecular flexibility index (Phi) is 3.98. The molecule has 0 spiro atoms. The fraction of sp³-hybridized carbons (Fsp3) is 0.500. The number of nitrogens with zero attached hydrogens (tertiary/aromatic N) is 3. The van der Waals surface area contributed by atoms with Gasteiger partial charge in [0.1, 0.15) is 18.9 Å². The van der Waals surface area contributed by atoms with E-state index < -0.39 is 36.6 Å². The van der Waals surface area contributed by atoms with Crippen molar-refractivity contribution in [1.82, 2.24) is 19.5 Å². The Balaban J connectivity index is 1.78. The molecule has 0 amide bonds. The third-order valence-corrected chi connectivity index (χ3v) is 3.47. The zero-order valence-corrected chi connectivity index (χ0v) is 11.9. The summed E-state index contributed by atoms with van der Waals surface area (Å²) in [5.74, 6) is -1.15. The molecule has 0 bridgehead atoms. The van der Waals surface area contributed by atoms with E-state index in [9.17, 15) is 14.7 Å². The number of ether oxygens (including phenoxy) is 2. The number of hydrogen-bond donors (Lipinski definition) is 4. The Bertz CT molecular complexity index is 786. The van der Waals surface area contributed by atoms with E-state index in [-0.39, 0.29) is 30.1 Å². The van der Waals surface area contributed by atoms with E-state index in [1.807, 2.05) is 0 Å². The van der Waals surface area contributed by atoms with Gasteiger partial charge in [-0.1, -0.05) is 0 Å². The van der Waals surface area contributed by atoms with Crippen molar-refractivity contribution in [3.8, 4) is 0 Å². The Hall–Kier alpha value is -2.50. The summed E-state index contributed by atoms with van der Waals surface area (Å²) in [5, 5.41) is 18.5. The van der Waals surface area contributed by atoms with Crippen LogP contribution < -0.4 is 11.3 Å². The van der Waals surface area contributed by atoms with Crippen LogP contribution in [0.4, 0.5) is 5.95 Å². The minimum absolute atomic E-state index is 0.0517. The van der Waals surface area contributed by atoms with Crippen molar-refractivity contribution >= 4 is 23.1 Å². The SMILES string of the molecule is Nc1nc2c(ncn2[C@H]2C[C@H](O)[C@@H](COCC(=O)O)O2)c(=O)[nH]1. The number of carbonyl (C=O) groups is 1. The van der Waals surface area contributed by atoms with Crippen molar-refractivity contribution in [2.24, 2.45) is 0 Å². The van der Waals surface area contributed by atoms with Crippen molar-refractivity contribution in [2.75, 3.05) is 18.9 Å². The monoisotopic (exact) mass is 325 g/mol. The van der Waals surface area contributed by atoms with Crippen molar-refractivity contribution in [1.29, 1.82) is 0 Å². The maximum atomic E-state index is 11.7. The Morgan fingerprint density at radius 1 is 1.61 bits per heavy atom. The van der Waals surface area contributed by atoms with Crippen LogP contribution in [-0.2, 0) is 14.3 Å². The van der Waals surface area contributed by atoms with Crippen LogP contribution in [0.15, 0.2) is 11.1 Å². The fourth-order valence-corrected chi connectivity index (χ4v) is 2.45. The highest BCUT2D eigenvalue weighted by molar-refractivity contribution is 5.70. The van der Waals surface area contributed by atoms with Gasteiger partial charge < -0.3 is 25.4 Å². The molecule has 23 heavy (non-hydrogen) atoms. The Morgan fingerprint density at radius 3 is 3.13 bits per heavy atom. The zero-order valence-electron chi connectivity index (χ0n) is 11.9. The lowest BCUT2D eigenvalue weighted by Gasteiger charge is -2.15. The molecule has 0 saturated carbocycles. The topological polar surface area (TPSA) is 166 Å². The van der Waals surface area contributed by atoms with Gasteiger partial charge >= 0.3 is 5.97 Å². The van der Waals surface area contributed by atoms with Gasteiger partial charge in [-0.25, -0.2) is 9.78 Å². The molecule has 3 atom stereocenters. The number of imidazole rings is 1. The summed E-state index contributed by atoms with van der Waals surface area (Å²) in [6.07, 6.45) is -0.533. The largest absolute Gasteiger partial charge is 0.480 e. The standard InChI is InChI=1S/C12H15N5O6/c13-12-15-10-9(11(21)16-12)14-4-17(10)7-1-5(18)6(23-7)2-22-3-8(19)20/h4-7,18H,1-3H2,(H,19,20)(H3,13,15,16,21)/t5-,6+,7+/m0/s1. The molecular formula is C12H15N5O6. The Morgan fingerprint density at radius 2 is 2.39 bits per heavy atom. The fourth-order valence-electron chi connectivity index (χ4n) is 2.45. The number of nitrogens with one attached hydrogen (secondary N) is 1. The number of nitrogen functional groups attached to an aromatic ring is 1. The van der Waals surface area contributed by atoms with Crippen LogP contribution in [0.5, 0.6) is 0 Å². The average molecular weight is 325 g/mol. The molecule has 1 aliphatic heterocycles. The van der Waals surface area contributed by atoms with Crippen molar-refractivity contribution in [2.45, 2.75) is 24.9 Å². The second kappa shape index (κ2) is 5.95. The van der Waals surface area contributed by atoms with Gasteiger partial charge in [-0.3, -0.25) is 14.3 Å². The quantitative estimate of drug-likeness (QED) is 0.509. The number of carboxylic acids is 1. The zero-order chi connectivity index (χ0) is 16.6. The molecule has 0 unspecified atom stereocenters. The number of aliphatic carboxylic acids is 1. The second-order valence-corrected chi connectivity index (χ2v) is 5.12. The lowest BCUT2D eigenvalue weighted by Crippen LogP contribution is -2.27. The van der Waals surface area contributed by atoms with Crippen molar-refractivity contribution in [3.63, 3.8) is 0 Å². The first-order chi connectivity index (χ1) is 11.0. The van der Waals surface area contributed by atoms with Gasteiger partial charge in [0, 0.05) is 6.42 Å². The third-order valence-electron chi connectivity index (χ3n) is 3.47. The molecule has 0 aliphatic carbocycles. The summed E-state index contributed by atoms with van der Waals surface area (Å²) in [6.45, 7) is -0.536. The van der Waals surface area contributed by atoms with E-state index in [1.54, 1.807) is 0 Å². The van der Waals surface area contributed by atoms with Crippen molar-refractivity contribution < 1.29 is 24.5 Å². The number of carboxylic acid groups (broad SMARTS) is 1. The van der Waals surface area contributed by atoms with Crippen LogP contribution >= 0.6 is 0 Å². The molecule has 5 N–H and O–H groups in total. The third kappa shape index (κ3) is 3.02. The van der Waals surface area contributed by atoms with Gasteiger partial charge in [-0.05, 0) is 0 Å². The van der Waals surface area contributed by atoms with E-state index in [0.717, 1.165) is 0 Å². The molecule has 11 nitrogen and oxygen atoms in total. The smallest absolute Gasteiger partial charge is 0.329 e. The number of rotatable bonds is 5. The minimum atomic E-state index is -1.10. The van der Waals surface area contributed by atoms with Gasteiger partial charge in [-0.15, -0.1) is 0 Å². The van der Waals surface area contributed by atoms with Crippen molar-refractivity contribution in [3.05, 3.63) is 16.7 Å². The molecule has 2 aromatic rings. The normalized spacial score (nSPS) is 24.3. The Labute approximate surface area is 128 Å². The highest BCUT2D eigenvalue weighted by atomic mass is 16.6. The summed E-state index contributed by atoms with van der Waals surface area (Å²) < 4.78 is 12.1. The maximum Gasteiger partial charge on any atom is 0.329 e. The number of nitrogens with two attached hydrogens (primary N) is 1. The summed E-state index contributed by atoms with van der Waals surface area (Å²) in [6, 6.07) is 0. The number of aromatic amines is 1. The number of fused-ring (bicyclic) bond motifs is 1. The van der Waals surface area contributed by atoms with Crippen LogP contribution in [0.3, 0.4) is 0 Å². The van der Waals surface area contributed by atoms with Crippen LogP contribution in [0.25, 0.3) is 11.2 Å². The van der Waals surface area contributed by atoms with Crippen LogP contribution in [0.1, 0.15) is 12.6 Å². The van der Waals surface area contributed by atoms with Crippen LogP contribution in [-0.4, -0.2) is 61.1 Å². The molecule has 0 aromatic carbocycles. The summed E-state index contributed by atoms with van der Waals surface area (Å²) in [7, 11) is 0. The highest BCUT2D eigenvalue weighted by Crippen LogP contribution is 2.30. The summed E-state index contributed by atoms with van der Waals surface area (Å²) in [4.78, 5) is 32.5. The van der Waals surface area contributed by atoms with Crippen LogP contribution in [0, 0.1) is 0 Å². The molecule has 1 saturated heterocycles. The number of H-pyrrole nitrogens is 1. The predicted molar refractivity (Wildman–Crippen MR) is 75.5 cm³/mol. The van der Waals surface area contributed by atoms with E-state index in [1.165, 1.54) is 10.9 Å². The number of aliphatic hydroxyl groups excluding tert-OH is 1. The number of hydrogen-bond acceptors (Lipinski definition) is 8. The molecule has 11 heteroatoms. The first-order valence-corrected chi connectivity index (χ1v) is 6.81. The molecule has 0 radical (unpaired) electrons. The van der Waals surface area contributed by atoms with Gasteiger partial charge in [0.2, 0.25) is 5.95 Å². The predicted octanol–water partition coefficient (Wildman–Crippen LogP) is -1.55. The van der Waals surface area contributed by atoms with Crippen LogP contribution in [0.2, 0.25) is 0 Å². The maximum absolute atomic E-state index is 11.7. The molecule has 3 rings (SSSR count). The molecule has 1 fully saturated rings. The van der Waals surface area contributed by atoms with Gasteiger partial charge in [0.05, 0.1) is 19.0 Å². The molecule has 124 valence electrons. The number of aliphatic hydroxyl groups is 1. The molecule has 1 aliphatic rings. The van der Waals surface area contributed by atoms with Gasteiger partial charge in [0.25, 0.3) is 5.56 Å². The first kappa shape index (κ1) is 15.4. The molecular weight excluding hydrogens is 310 g/mol. The average Bonchev–Trinajstić information content (AvgIpc) is 3.02. The lowest BCUT2D eigenvalue weighted by molar-refractivity contribution is -0.144. The lowest BCUT2D eigenvalue weighted by atomic mass is 10.2. The molecule has 2 aromatic heterocycles. The minimum Gasteiger partial charge on any atom is -0.480 e. The van der Waals surface area contributed by atoms with Gasteiger partial charge in [-0.2, -0.15) is 4.98 Å². The van der Waals surface area contributed by atoms with E-state index >= 15 is 0 Å². The van der Waals surface area contributed by atoms with E-state index in [4.69, 9.17) is 20.3 Å². The second-order valence-electron chi connectivity index (χ2n) is 5.12. The number of anilines is 1. The molecule has 3 heterocycles. The van der Waals surface area contributed by atoms with E-state index in [2.05, 4.69) is 15.0 Å². The van der Waals surface area contributed by atoms with Gasteiger partial charge in [0.15, 0.2) is 11.2 Å².